The Morgan fingerprint density at radius 3 is 3.00 bits per heavy atom. The van der Waals surface area contributed by atoms with Crippen molar-refractivity contribution < 1.29 is 0 Å². The van der Waals surface area contributed by atoms with Gasteiger partial charge in [0.1, 0.15) is 5.01 Å². The zero-order valence-corrected chi connectivity index (χ0v) is 10.4. The number of aromatic nitrogens is 1. The maximum absolute atomic E-state index is 4.41. The lowest BCUT2D eigenvalue weighted by Gasteiger charge is -2.23. The summed E-state index contributed by atoms with van der Waals surface area (Å²) < 4.78 is 0. The number of nitrogens with one attached hydrogen (secondary N) is 1. The van der Waals surface area contributed by atoms with Crippen molar-refractivity contribution in [3.05, 3.63) is 16.6 Å². The zero-order valence-electron chi connectivity index (χ0n) is 9.57. The van der Waals surface area contributed by atoms with Gasteiger partial charge in [0.2, 0.25) is 0 Å². The monoisotopic (exact) mass is 224 g/mol. The molecular formula is C12H20N2S. The van der Waals surface area contributed by atoms with E-state index in [0.717, 1.165) is 12.3 Å². The Kier molecular flexibility index (Phi) is 3.76. The third kappa shape index (κ3) is 2.58. The second-order valence-electron chi connectivity index (χ2n) is 4.51. The van der Waals surface area contributed by atoms with Crippen LogP contribution >= 0.6 is 11.3 Å². The summed E-state index contributed by atoms with van der Waals surface area (Å²) in [6, 6.07) is 1.18. The summed E-state index contributed by atoms with van der Waals surface area (Å²) in [6.45, 7) is 4.60. The number of nitrogens with zero attached hydrogens (tertiary/aromatic N) is 1. The maximum Gasteiger partial charge on any atom is 0.109 e. The molecule has 0 saturated heterocycles. The summed E-state index contributed by atoms with van der Waals surface area (Å²) in [7, 11) is 0. The Labute approximate surface area is 96.1 Å². The number of hydrogen-bond acceptors (Lipinski definition) is 3. The molecule has 3 unspecified atom stereocenters. The van der Waals surface area contributed by atoms with Crippen LogP contribution in [0, 0.1) is 5.92 Å². The van der Waals surface area contributed by atoms with E-state index in [9.17, 15) is 0 Å². The van der Waals surface area contributed by atoms with Gasteiger partial charge in [0.15, 0.2) is 0 Å². The third-order valence-corrected chi connectivity index (χ3v) is 4.32. The van der Waals surface area contributed by atoms with Gasteiger partial charge in [-0.2, -0.15) is 0 Å². The summed E-state index contributed by atoms with van der Waals surface area (Å²) in [5, 5.41) is 7.08. The van der Waals surface area contributed by atoms with E-state index in [4.69, 9.17) is 0 Å². The minimum atomic E-state index is 0.468. The van der Waals surface area contributed by atoms with Gasteiger partial charge in [-0.1, -0.05) is 20.3 Å². The highest BCUT2D eigenvalue weighted by atomic mass is 32.1. The predicted molar refractivity (Wildman–Crippen MR) is 65.1 cm³/mol. The third-order valence-electron chi connectivity index (χ3n) is 3.43. The van der Waals surface area contributed by atoms with Crippen LogP contribution in [0.5, 0.6) is 0 Å². The standard InChI is InChI=1S/C12H20N2S/c1-3-10(12-13-7-8-15-12)14-11-6-4-5-9(11)2/h7-11,14H,3-6H2,1-2H3. The van der Waals surface area contributed by atoms with E-state index in [1.165, 1.54) is 24.3 Å². The quantitative estimate of drug-likeness (QED) is 0.848. The first-order valence-electron chi connectivity index (χ1n) is 5.96. The van der Waals surface area contributed by atoms with Crippen molar-refractivity contribution in [3.8, 4) is 0 Å². The van der Waals surface area contributed by atoms with Crippen molar-refractivity contribution in [2.24, 2.45) is 5.92 Å². The highest BCUT2D eigenvalue weighted by Crippen LogP contribution is 2.28. The fraction of sp³-hybridized carbons (Fsp3) is 0.750. The number of thiazole rings is 1. The smallest absolute Gasteiger partial charge is 0.109 e. The summed E-state index contributed by atoms with van der Waals surface area (Å²) in [6.07, 6.45) is 7.14. The topological polar surface area (TPSA) is 24.9 Å². The Morgan fingerprint density at radius 1 is 1.60 bits per heavy atom. The molecule has 1 aliphatic rings. The van der Waals surface area contributed by atoms with Crippen LogP contribution in [0.1, 0.15) is 50.6 Å². The normalized spacial score (nSPS) is 28.1. The second kappa shape index (κ2) is 5.08. The molecule has 1 aromatic heterocycles. The van der Waals surface area contributed by atoms with Crippen molar-refractivity contribution in [3.63, 3.8) is 0 Å². The van der Waals surface area contributed by atoms with E-state index in [1.54, 1.807) is 11.3 Å². The Bertz CT molecular complexity index is 284. The summed E-state index contributed by atoms with van der Waals surface area (Å²) in [5.74, 6) is 0.832. The molecule has 1 aliphatic carbocycles. The summed E-state index contributed by atoms with van der Waals surface area (Å²) in [5.41, 5.74) is 0. The lowest BCUT2D eigenvalue weighted by molar-refractivity contribution is 0.369. The predicted octanol–water partition coefficient (Wildman–Crippen LogP) is 3.37. The van der Waals surface area contributed by atoms with Gasteiger partial charge in [-0.25, -0.2) is 4.98 Å². The van der Waals surface area contributed by atoms with Crippen LogP contribution in [0.15, 0.2) is 11.6 Å². The van der Waals surface area contributed by atoms with Gasteiger partial charge >= 0.3 is 0 Å². The minimum Gasteiger partial charge on any atom is -0.305 e. The van der Waals surface area contributed by atoms with Crippen molar-refractivity contribution in [2.75, 3.05) is 0 Å². The van der Waals surface area contributed by atoms with Crippen molar-refractivity contribution >= 4 is 11.3 Å². The molecule has 0 radical (unpaired) electrons. The van der Waals surface area contributed by atoms with Crippen LogP contribution in [0.2, 0.25) is 0 Å². The van der Waals surface area contributed by atoms with Gasteiger partial charge in [0, 0.05) is 17.6 Å². The Balaban J connectivity index is 1.96. The van der Waals surface area contributed by atoms with Gasteiger partial charge in [0.25, 0.3) is 0 Å². The molecule has 0 bridgehead atoms. The van der Waals surface area contributed by atoms with E-state index >= 15 is 0 Å². The second-order valence-corrected chi connectivity index (χ2v) is 5.44. The molecule has 84 valence electrons. The van der Waals surface area contributed by atoms with Gasteiger partial charge in [-0.3, -0.25) is 0 Å². The first kappa shape index (κ1) is 11.1. The largest absolute Gasteiger partial charge is 0.305 e. The van der Waals surface area contributed by atoms with Crippen LogP contribution in [0.25, 0.3) is 0 Å². The van der Waals surface area contributed by atoms with Crippen LogP contribution in [0.3, 0.4) is 0 Å². The van der Waals surface area contributed by atoms with E-state index in [2.05, 4.69) is 29.5 Å². The highest BCUT2D eigenvalue weighted by Gasteiger charge is 2.26. The summed E-state index contributed by atoms with van der Waals surface area (Å²) in [4.78, 5) is 4.41. The molecule has 3 atom stereocenters. The maximum atomic E-state index is 4.41. The Morgan fingerprint density at radius 2 is 2.47 bits per heavy atom. The van der Waals surface area contributed by atoms with Gasteiger partial charge in [-0.15, -0.1) is 11.3 Å². The molecule has 0 aliphatic heterocycles. The molecule has 1 saturated carbocycles. The summed E-state index contributed by atoms with van der Waals surface area (Å²) >= 11 is 1.77. The Hall–Kier alpha value is -0.410. The highest BCUT2D eigenvalue weighted by molar-refractivity contribution is 7.09. The van der Waals surface area contributed by atoms with Crippen molar-refractivity contribution in [1.82, 2.24) is 10.3 Å². The molecule has 2 nitrogen and oxygen atoms in total. The number of rotatable bonds is 4. The fourth-order valence-electron chi connectivity index (χ4n) is 2.42. The van der Waals surface area contributed by atoms with E-state index in [1.807, 2.05) is 6.20 Å². The molecule has 0 spiro atoms. The molecule has 1 heterocycles. The zero-order chi connectivity index (χ0) is 10.7. The molecule has 15 heavy (non-hydrogen) atoms. The van der Waals surface area contributed by atoms with Crippen molar-refractivity contribution in [1.29, 1.82) is 0 Å². The lowest BCUT2D eigenvalue weighted by Crippen LogP contribution is -2.34. The van der Waals surface area contributed by atoms with E-state index in [0.29, 0.717) is 12.1 Å². The molecule has 1 fully saturated rings. The van der Waals surface area contributed by atoms with Crippen LogP contribution < -0.4 is 5.32 Å². The molecule has 1 N–H and O–H groups in total. The molecule has 0 amide bonds. The van der Waals surface area contributed by atoms with Crippen LogP contribution in [-0.2, 0) is 0 Å². The fourth-order valence-corrected chi connectivity index (χ4v) is 3.20. The van der Waals surface area contributed by atoms with Crippen LogP contribution in [-0.4, -0.2) is 11.0 Å². The van der Waals surface area contributed by atoms with Crippen LogP contribution in [0.4, 0.5) is 0 Å². The molecule has 1 aromatic rings. The van der Waals surface area contributed by atoms with Gasteiger partial charge < -0.3 is 5.32 Å². The van der Waals surface area contributed by atoms with Crippen molar-refractivity contribution in [2.45, 2.75) is 51.6 Å². The van der Waals surface area contributed by atoms with Gasteiger partial charge in [-0.05, 0) is 25.2 Å². The van der Waals surface area contributed by atoms with E-state index < -0.39 is 0 Å². The first-order valence-corrected chi connectivity index (χ1v) is 6.84. The molecule has 0 aromatic carbocycles. The SMILES string of the molecule is CCC(NC1CCCC1C)c1nccs1. The average molecular weight is 224 g/mol. The number of hydrogen-bond donors (Lipinski definition) is 1. The molecule has 3 heteroatoms. The molecular weight excluding hydrogens is 204 g/mol. The minimum absolute atomic E-state index is 0.468. The lowest BCUT2D eigenvalue weighted by atomic mass is 10.0. The first-order chi connectivity index (χ1) is 7.31. The average Bonchev–Trinajstić information content (AvgIpc) is 2.86. The molecule has 2 rings (SSSR count). The van der Waals surface area contributed by atoms with E-state index in [-0.39, 0.29) is 0 Å². The van der Waals surface area contributed by atoms with Gasteiger partial charge in [0.05, 0.1) is 6.04 Å².